The molecule has 2 aromatic rings. The van der Waals surface area contributed by atoms with Crippen molar-refractivity contribution in [3.05, 3.63) is 33.8 Å². The minimum atomic E-state index is -0.0517. The first-order valence-electron chi connectivity index (χ1n) is 8.19. The van der Waals surface area contributed by atoms with Gasteiger partial charge in [0.1, 0.15) is 0 Å². The van der Waals surface area contributed by atoms with Crippen molar-refractivity contribution in [1.29, 1.82) is 0 Å². The SMILES string of the molecule is COc1cc2c(c(Cl)c1O)CC1c3c(cc(O)c(OC)c3-2)CCN1C. The van der Waals surface area contributed by atoms with Crippen LogP contribution in [0.3, 0.4) is 0 Å². The summed E-state index contributed by atoms with van der Waals surface area (Å²) in [6.45, 7) is 0.901. The van der Waals surface area contributed by atoms with E-state index in [0.29, 0.717) is 22.9 Å². The van der Waals surface area contributed by atoms with Crippen LogP contribution in [-0.2, 0) is 12.8 Å². The minimum absolute atomic E-state index is 0.0517. The van der Waals surface area contributed by atoms with Gasteiger partial charge in [0.15, 0.2) is 23.0 Å². The number of likely N-dealkylation sites (N-methyl/N-ethyl adjacent to an activating group) is 1. The van der Waals surface area contributed by atoms with Gasteiger partial charge in [0.2, 0.25) is 0 Å². The summed E-state index contributed by atoms with van der Waals surface area (Å²) in [5, 5.41) is 21.1. The number of rotatable bonds is 2. The molecule has 1 aliphatic heterocycles. The second-order valence-electron chi connectivity index (χ2n) is 6.59. The lowest BCUT2D eigenvalue weighted by atomic mass is 9.76. The quantitative estimate of drug-likeness (QED) is 0.857. The molecular formula is C19H20ClNO4. The Labute approximate surface area is 151 Å². The number of fused-ring (bicyclic) bond motifs is 2. The summed E-state index contributed by atoms with van der Waals surface area (Å²) in [7, 11) is 5.12. The zero-order valence-electron chi connectivity index (χ0n) is 14.4. The molecule has 1 aliphatic carbocycles. The van der Waals surface area contributed by atoms with Crippen LogP contribution in [-0.4, -0.2) is 42.9 Å². The van der Waals surface area contributed by atoms with E-state index in [2.05, 4.69) is 11.9 Å². The number of methoxy groups -OCH3 is 2. The van der Waals surface area contributed by atoms with Gasteiger partial charge in [0, 0.05) is 18.2 Å². The molecule has 0 bridgehead atoms. The van der Waals surface area contributed by atoms with Crippen molar-refractivity contribution in [1.82, 2.24) is 4.90 Å². The zero-order valence-corrected chi connectivity index (χ0v) is 15.1. The smallest absolute Gasteiger partial charge is 0.177 e. The first-order chi connectivity index (χ1) is 12.0. The van der Waals surface area contributed by atoms with Gasteiger partial charge in [0.25, 0.3) is 0 Å². The molecule has 2 aromatic carbocycles. The summed E-state index contributed by atoms with van der Waals surface area (Å²) in [5.41, 5.74) is 4.83. The van der Waals surface area contributed by atoms with Crippen molar-refractivity contribution in [3.63, 3.8) is 0 Å². The van der Waals surface area contributed by atoms with Crippen LogP contribution < -0.4 is 9.47 Å². The summed E-state index contributed by atoms with van der Waals surface area (Å²) >= 11 is 6.47. The van der Waals surface area contributed by atoms with Gasteiger partial charge in [-0.05, 0) is 54.3 Å². The third kappa shape index (κ3) is 2.19. The lowest BCUT2D eigenvalue weighted by Crippen LogP contribution is -2.35. The number of ether oxygens (including phenoxy) is 2. The van der Waals surface area contributed by atoms with E-state index in [1.54, 1.807) is 13.2 Å². The fraction of sp³-hybridized carbons (Fsp3) is 0.368. The number of benzene rings is 2. The first-order valence-corrected chi connectivity index (χ1v) is 8.57. The van der Waals surface area contributed by atoms with Crippen molar-refractivity contribution in [2.24, 2.45) is 0 Å². The number of hydrogen-bond donors (Lipinski definition) is 2. The monoisotopic (exact) mass is 361 g/mol. The largest absolute Gasteiger partial charge is 0.504 e. The molecule has 2 aliphatic rings. The van der Waals surface area contributed by atoms with Crippen molar-refractivity contribution in [2.75, 3.05) is 27.8 Å². The molecule has 0 amide bonds. The van der Waals surface area contributed by atoms with Crippen LogP contribution in [0.25, 0.3) is 11.1 Å². The standard InChI is InChI=1S/C19H20ClNO4/c1-21-5-4-9-6-13(22)19(25-3)16-10-8-14(24-2)18(23)17(20)11(10)7-12(21)15(9)16/h6,8,12,22-23H,4-5,7H2,1-3H3. The molecule has 132 valence electrons. The van der Waals surface area contributed by atoms with E-state index in [9.17, 15) is 10.2 Å². The van der Waals surface area contributed by atoms with Crippen molar-refractivity contribution < 1.29 is 19.7 Å². The highest BCUT2D eigenvalue weighted by atomic mass is 35.5. The van der Waals surface area contributed by atoms with E-state index in [-0.39, 0.29) is 17.5 Å². The Bertz CT molecular complexity index is 881. The van der Waals surface area contributed by atoms with Gasteiger partial charge in [-0.15, -0.1) is 0 Å². The number of hydrogen-bond acceptors (Lipinski definition) is 5. The molecule has 6 heteroatoms. The Hall–Kier alpha value is -2.11. The van der Waals surface area contributed by atoms with Gasteiger partial charge in [-0.1, -0.05) is 11.6 Å². The predicted octanol–water partition coefficient (Wildman–Crippen LogP) is 3.52. The molecule has 2 N–H and O–H groups in total. The maximum Gasteiger partial charge on any atom is 0.177 e. The second kappa shape index (κ2) is 5.71. The summed E-state index contributed by atoms with van der Waals surface area (Å²) in [6.07, 6.45) is 1.56. The van der Waals surface area contributed by atoms with Gasteiger partial charge in [-0.3, -0.25) is 4.90 Å². The highest BCUT2D eigenvalue weighted by Crippen LogP contribution is 2.55. The Morgan fingerprint density at radius 2 is 1.96 bits per heavy atom. The van der Waals surface area contributed by atoms with Gasteiger partial charge < -0.3 is 19.7 Å². The fourth-order valence-corrected chi connectivity index (χ4v) is 4.41. The average molecular weight is 362 g/mol. The Morgan fingerprint density at radius 3 is 2.64 bits per heavy atom. The molecule has 5 nitrogen and oxygen atoms in total. The van der Waals surface area contributed by atoms with Crippen LogP contribution in [0.2, 0.25) is 5.02 Å². The minimum Gasteiger partial charge on any atom is -0.504 e. The molecular weight excluding hydrogens is 342 g/mol. The van der Waals surface area contributed by atoms with Crippen LogP contribution in [0.15, 0.2) is 12.1 Å². The van der Waals surface area contributed by atoms with Gasteiger partial charge in [-0.25, -0.2) is 0 Å². The Balaban J connectivity index is 2.12. The fourth-order valence-electron chi connectivity index (χ4n) is 4.14. The summed E-state index contributed by atoms with van der Waals surface area (Å²) in [6, 6.07) is 3.71. The van der Waals surface area contributed by atoms with E-state index >= 15 is 0 Å². The third-order valence-electron chi connectivity index (χ3n) is 5.38. The third-order valence-corrected chi connectivity index (χ3v) is 5.79. The highest BCUT2D eigenvalue weighted by Gasteiger charge is 2.37. The maximum absolute atomic E-state index is 10.5. The zero-order chi connectivity index (χ0) is 17.9. The average Bonchev–Trinajstić information content (AvgIpc) is 2.61. The van der Waals surface area contributed by atoms with Crippen LogP contribution in [0, 0.1) is 0 Å². The van der Waals surface area contributed by atoms with E-state index < -0.39 is 0 Å². The number of halogens is 1. The van der Waals surface area contributed by atoms with Crippen LogP contribution in [0.1, 0.15) is 22.7 Å². The molecule has 0 spiro atoms. The summed E-state index contributed by atoms with van der Waals surface area (Å²) in [5.74, 6) is 0.814. The molecule has 4 rings (SSSR count). The Morgan fingerprint density at radius 1 is 1.20 bits per heavy atom. The van der Waals surface area contributed by atoms with Crippen molar-refractivity contribution >= 4 is 11.6 Å². The van der Waals surface area contributed by atoms with Crippen LogP contribution in [0.5, 0.6) is 23.0 Å². The van der Waals surface area contributed by atoms with E-state index in [1.807, 2.05) is 6.07 Å². The lowest BCUT2D eigenvalue weighted by Gasteiger charge is -2.40. The van der Waals surface area contributed by atoms with Gasteiger partial charge in [0.05, 0.1) is 19.2 Å². The molecule has 1 atom stereocenters. The van der Waals surface area contributed by atoms with Crippen LogP contribution >= 0.6 is 11.6 Å². The number of nitrogens with zero attached hydrogens (tertiary/aromatic N) is 1. The normalized spacial score (nSPS) is 18.5. The predicted molar refractivity (Wildman–Crippen MR) is 96.1 cm³/mol. The summed E-state index contributed by atoms with van der Waals surface area (Å²) < 4.78 is 10.8. The number of phenolic OH excluding ortho intramolecular Hbond substituents is 2. The maximum atomic E-state index is 10.5. The van der Waals surface area contributed by atoms with E-state index in [1.165, 1.54) is 12.7 Å². The molecule has 1 unspecified atom stereocenters. The van der Waals surface area contributed by atoms with E-state index in [4.69, 9.17) is 21.1 Å². The molecule has 1 heterocycles. The Kier molecular flexibility index (Phi) is 3.74. The van der Waals surface area contributed by atoms with E-state index in [0.717, 1.165) is 35.2 Å². The topological polar surface area (TPSA) is 62.2 Å². The molecule has 0 fully saturated rings. The number of phenols is 2. The van der Waals surface area contributed by atoms with Gasteiger partial charge >= 0.3 is 0 Å². The molecule has 0 aromatic heterocycles. The first kappa shape index (κ1) is 16.4. The molecule has 25 heavy (non-hydrogen) atoms. The molecule has 0 saturated heterocycles. The van der Waals surface area contributed by atoms with Gasteiger partial charge in [-0.2, -0.15) is 0 Å². The highest BCUT2D eigenvalue weighted by molar-refractivity contribution is 6.33. The van der Waals surface area contributed by atoms with Crippen molar-refractivity contribution in [2.45, 2.75) is 18.9 Å². The number of aromatic hydroxyl groups is 2. The molecule has 0 saturated carbocycles. The summed E-state index contributed by atoms with van der Waals surface area (Å²) in [4.78, 5) is 2.28. The van der Waals surface area contributed by atoms with Crippen molar-refractivity contribution in [3.8, 4) is 34.1 Å². The second-order valence-corrected chi connectivity index (χ2v) is 6.97. The van der Waals surface area contributed by atoms with Crippen LogP contribution in [0.4, 0.5) is 0 Å². The lowest BCUT2D eigenvalue weighted by molar-refractivity contribution is 0.226. The molecule has 0 radical (unpaired) electrons.